The van der Waals surface area contributed by atoms with Crippen LogP contribution in [0.4, 0.5) is 22.7 Å². The lowest BCUT2D eigenvalue weighted by molar-refractivity contribution is -0.127. The Morgan fingerprint density at radius 2 is 1.00 bits per heavy atom. The number of nitrogens with one attached hydrogen (secondary N) is 2. The molecular weight excluding hydrogens is 715 g/mol. The van der Waals surface area contributed by atoms with Crippen molar-refractivity contribution in [2.45, 2.75) is 25.9 Å². The molecule has 0 radical (unpaired) electrons. The number of benzene rings is 4. The number of nitrogens with zero attached hydrogens (tertiary/aromatic N) is 4. The van der Waals surface area contributed by atoms with Crippen molar-refractivity contribution in [1.29, 1.82) is 0 Å². The summed E-state index contributed by atoms with van der Waals surface area (Å²) in [5, 5.41) is 21.5. The molecule has 4 aromatic carbocycles. The lowest BCUT2D eigenvalue weighted by atomic mass is 10.0. The Labute approximate surface area is 309 Å². The first-order chi connectivity index (χ1) is 24.9. The second-order valence-corrected chi connectivity index (χ2v) is 11.7. The Bertz CT molecular complexity index is 1990. The number of carbonyl (C=O) groups excluding carboxylic acids is 4. The van der Waals surface area contributed by atoms with E-state index in [-0.39, 0.29) is 15.7 Å². The first-order valence-corrected chi connectivity index (χ1v) is 16.1. The third kappa shape index (κ3) is 9.89. The third-order valence-electron chi connectivity index (χ3n) is 7.31. The van der Waals surface area contributed by atoms with Gasteiger partial charge in [-0.3, -0.25) is 19.2 Å². The van der Waals surface area contributed by atoms with E-state index in [0.29, 0.717) is 51.2 Å². The normalized spacial score (nSPS) is 12.2. The smallest absolute Gasteiger partial charge is 0.258 e. The number of hydrogen-bond acceptors (Lipinski definition) is 12. The minimum atomic E-state index is -1.48. The zero-order chi connectivity index (χ0) is 37.9. The molecule has 2 atom stereocenters. The molecule has 0 saturated heterocycles. The number of methoxy groups -OCH3 is 4. The minimum absolute atomic E-state index is 0.0379. The molecule has 2 N–H and O–H groups in total. The van der Waals surface area contributed by atoms with E-state index in [1.165, 1.54) is 48.4 Å². The van der Waals surface area contributed by atoms with Gasteiger partial charge in [-0.1, -0.05) is 41.4 Å². The van der Waals surface area contributed by atoms with Crippen LogP contribution in [0.25, 0.3) is 11.1 Å². The van der Waals surface area contributed by atoms with E-state index in [4.69, 9.17) is 42.1 Å². The van der Waals surface area contributed by atoms with Gasteiger partial charge in [0.2, 0.25) is 12.1 Å². The number of Topliss-reactive ketones (excluding diaryl/α,β-unsaturated/α-hetero) is 2. The Morgan fingerprint density at radius 3 is 1.40 bits per heavy atom. The van der Waals surface area contributed by atoms with Gasteiger partial charge >= 0.3 is 0 Å². The van der Waals surface area contributed by atoms with Crippen molar-refractivity contribution in [2.24, 2.45) is 20.5 Å². The molecule has 0 bridgehead atoms. The molecule has 0 aliphatic heterocycles. The summed E-state index contributed by atoms with van der Waals surface area (Å²) in [6.07, 6.45) is 0. The summed E-state index contributed by atoms with van der Waals surface area (Å²) in [5.74, 6) is -0.713. The number of carbonyl (C=O) groups is 4. The highest BCUT2D eigenvalue weighted by atomic mass is 35.5. The van der Waals surface area contributed by atoms with Gasteiger partial charge in [0.25, 0.3) is 11.8 Å². The highest BCUT2D eigenvalue weighted by Gasteiger charge is 2.25. The second-order valence-electron chi connectivity index (χ2n) is 10.9. The van der Waals surface area contributed by atoms with E-state index >= 15 is 0 Å². The van der Waals surface area contributed by atoms with Crippen LogP contribution in [0.2, 0.25) is 10.0 Å². The van der Waals surface area contributed by atoms with Gasteiger partial charge in [-0.25, -0.2) is 0 Å². The monoisotopic (exact) mass is 748 g/mol. The SMILES string of the molecule is COc1cc(NC(=O)C(N=Nc2ccc(-c3ccc(N=NC(C(C)=O)C(=O)Nc4cc(OC)cc(OC)c4)c(Cl)c3Cl)cc2)C(C)=O)cc(OC)c1. The van der Waals surface area contributed by atoms with E-state index in [2.05, 4.69) is 31.1 Å². The standard InChI is InChI=1S/C36H34Cl2N6O8/c1-19(45)33(35(47)39-23-13-25(49-3)17-26(14-23)50-4)43-41-22-9-7-21(8-10-22)29-11-12-30(32(38)31(29)37)42-44-34(20(2)46)36(48)40-24-15-27(51-5)18-28(16-24)52-6/h7-18,33-34H,1-6H3,(H,39,47)(H,40,48). The van der Waals surface area contributed by atoms with Gasteiger partial charge in [0.15, 0.2) is 11.6 Å². The van der Waals surface area contributed by atoms with Gasteiger partial charge < -0.3 is 29.6 Å². The number of anilines is 2. The predicted octanol–water partition coefficient (Wildman–Crippen LogP) is 8.05. The Hall–Kier alpha value is -5.86. The van der Waals surface area contributed by atoms with E-state index in [1.54, 1.807) is 66.7 Å². The van der Waals surface area contributed by atoms with E-state index in [0.717, 1.165) is 0 Å². The first kappa shape index (κ1) is 38.9. The van der Waals surface area contributed by atoms with Crippen molar-refractivity contribution < 1.29 is 38.1 Å². The van der Waals surface area contributed by atoms with Crippen molar-refractivity contribution in [1.82, 2.24) is 0 Å². The first-order valence-electron chi connectivity index (χ1n) is 15.4. The van der Waals surface area contributed by atoms with E-state index in [1.807, 2.05) is 0 Å². The number of halogens is 2. The van der Waals surface area contributed by atoms with Crippen LogP contribution in [0.15, 0.2) is 93.3 Å². The summed E-state index contributed by atoms with van der Waals surface area (Å²) in [6, 6.07) is 16.5. The summed E-state index contributed by atoms with van der Waals surface area (Å²) in [4.78, 5) is 50.5. The largest absolute Gasteiger partial charge is 0.497 e. The molecule has 0 aliphatic carbocycles. The highest BCUT2D eigenvalue weighted by molar-refractivity contribution is 6.45. The van der Waals surface area contributed by atoms with Crippen molar-refractivity contribution in [3.8, 4) is 34.1 Å². The fourth-order valence-electron chi connectivity index (χ4n) is 4.61. The molecule has 52 heavy (non-hydrogen) atoms. The fraction of sp³-hybridized carbons (Fsp3) is 0.222. The van der Waals surface area contributed by atoms with Crippen molar-refractivity contribution in [3.63, 3.8) is 0 Å². The zero-order valence-corrected chi connectivity index (χ0v) is 30.4. The molecule has 4 rings (SSSR count). The average Bonchev–Trinajstić information content (AvgIpc) is 3.13. The molecule has 270 valence electrons. The number of ether oxygens (including phenoxy) is 4. The maximum absolute atomic E-state index is 13.0. The molecule has 14 nitrogen and oxygen atoms in total. The van der Waals surface area contributed by atoms with Gasteiger partial charge in [-0.15, -0.1) is 0 Å². The average molecular weight is 750 g/mol. The minimum Gasteiger partial charge on any atom is -0.497 e. The molecule has 0 aromatic heterocycles. The summed E-state index contributed by atoms with van der Waals surface area (Å²) >= 11 is 13.1. The van der Waals surface area contributed by atoms with Crippen LogP contribution in [0, 0.1) is 0 Å². The fourth-order valence-corrected chi connectivity index (χ4v) is 5.08. The number of amides is 2. The maximum Gasteiger partial charge on any atom is 0.258 e. The quantitative estimate of drug-likeness (QED) is 0.0905. The number of azo groups is 2. The molecule has 0 saturated carbocycles. The van der Waals surface area contributed by atoms with Gasteiger partial charge in [0, 0.05) is 53.3 Å². The Morgan fingerprint density at radius 1 is 0.577 bits per heavy atom. The van der Waals surface area contributed by atoms with Crippen LogP contribution in [0.5, 0.6) is 23.0 Å². The topological polar surface area (TPSA) is 179 Å². The molecule has 4 aromatic rings. The summed E-state index contributed by atoms with van der Waals surface area (Å²) in [7, 11) is 5.88. The van der Waals surface area contributed by atoms with Gasteiger partial charge in [0.05, 0.1) is 44.2 Å². The van der Waals surface area contributed by atoms with Crippen LogP contribution >= 0.6 is 23.2 Å². The number of ketones is 2. The highest BCUT2D eigenvalue weighted by Crippen LogP contribution is 2.40. The molecular formula is C36H34Cl2N6O8. The van der Waals surface area contributed by atoms with Crippen LogP contribution in [0.1, 0.15) is 13.8 Å². The molecule has 0 fully saturated rings. The van der Waals surface area contributed by atoms with Gasteiger partial charge in [-0.05, 0) is 37.6 Å². The van der Waals surface area contributed by atoms with Crippen molar-refractivity contribution in [3.05, 3.63) is 82.8 Å². The summed E-state index contributed by atoms with van der Waals surface area (Å²) in [6.45, 7) is 2.45. The lowest BCUT2D eigenvalue weighted by Gasteiger charge is -2.12. The molecule has 2 unspecified atom stereocenters. The lowest BCUT2D eigenvalue weighted by Crippen LogP contribution is -2.31. The van der Waals surface area contributed by atoms with Crippen molar-refractivity contribution >= 4 is 69.3 Å². The molecule has 2 amide bonds. The summed E-state index contributed by atoms with van der Waals surface area (Å²) < 4.78 is 20.9. The van der Waals surface area contributed by atoms with Crippen LogP contribution < -0.4 is 29.6 Å². The molecule has 0 heterocycles. The number of rotatable bonds is 15. The summed E-state index contributed by atoms with van der Waals surface area (Å²) in [5.41, 5.74) is 2.36. The van der Waals surface area contributed by atoms with E-state index in [9.17, 15) is 19.2 Å². The van der Waals surface area contributed by atoms with Gasteiger partial charge in [-0.2, -0.15) is 20.5 Å². The van der Waals surface area contributed by atoms with Crippen molar-refractivity contribution in [2.75, 3.05) is 39.1 Å². The van der Waals surface area contributed by atoms with Crippen LogP contribution in [-0.2, 0) is 19.2 Å². The zero-order valence-electron chi connectivity index (χ0n) is 28.9. The van der Waals surface area contributed by atoms with Gasteiger partial charge in [0.1, 0.15) is 28.7 Å². The molecule has 0 aliphatic rings. The third-order valence-corrected chi connectivity index (χ3v) is 8.19. The predicted molar refractivity (Wildman–Crippen MR) is 196 cm³/mol. The second kappa shape index (κ2) is 17.9. The number of hydrogen-bond donors (Lipinski definition) is 2. The molecule has 16 heteroatoms. The Balaban J connectivity index is 1.47. The molecule has 0 spiro atoms. The van der Waals surface area contributed by atoms with Crippen LogP contribution in [-0.4, -0.2) is 63.9 Å². The Kier molecular flexibility index (Phi) is 13.4. The van der Waals surface area contributed by atoms with E-state index < -0.39 is 35.5 Å². The van der Waals surface area contributed by atoms with Crippen LogP contribution in [0.3, 0.4) is 0 Å². The maximum atomic E-state index is 13.0.